The van der Waals surface area contributed by atoms with Crippen molar-refractivity contribution in [3.05, 3.63) is 66.4 Å². The van der Waals surface area contributed by atoms with Gasteiger partial charge in [-0.1, -0.05) is 136 Å². The highest BCUT2D eigenvalue weighted by molar-refractivity contribution is 7.18. The summed E-state index contributed by atoms with van der Waals surface area (Å²) >= 11 is 0. The van der Waals surface area contributed by atoms with Crippen LogP contribution in [0.4, 0.5) is 0 Å². The van der Waals surface area contributed by atoms with E-state index in [1.807, 2.05) is 20.7 Å². The summed E-state index contributed by atoms with van der Waals surface area (Å²) in [7, 11) is -6.06. The standard InChI is InChI=1S/C35H47NSi4/c1-35(2,3)28-19-26(18-24-14-12-13-15-27(24)28)29-20-25(16-17-36-29)32-33-30(37(4,5)22-39(33,8)9)21-31-34(32)40(10,11)23-38(31,6)7/h12-21H,22-23H2,1-11H3. The van der Waals surface area contributed by atoms with E-state index in [0.717, 1.165) is 5.69 Å². The lowest BCUT2D eigenvalue weighted by Gasteiger charge is -2.29. The maximum absolute atomic E-state index is 5.02. The van der Waals surface area contributed by atoms with Gasteiger partial charge in [0.2, 0.25) is 0 Å². The Kier molecular flexibility index (Phi) is 6.12. The highest BCUT2D eigenvalue weighted by atomic mass is 28.4. The predicted octanol–water partition coefficient (Wildman–Crippen LogP) is 7.63. The van der Waals surface area contributed by atoms with Crippen molar-refractivity contribution in [2.24, 2.45) is 0 Å². The molecule has 1 aromatic heterocycles. The fraction of sp³-hybridized carbons (Fsp3) is 0.400. The van der Waals surface area contributed by atoms with Crippen LogP contribution in [-0.4, -0.2) is 37.3 Å². The van der Waals surface area contributed by atoms with Crippen LogP contribution in [0.3, 0.4) is 0 Å². The van der Waals surface area contributed by atoms with Gasteiger partial charge in [-0.25, -0.2) is 0 Å². The molecule has 3 aromatic carbocycles. The van der Waals surface area contributed by atoms with E-state index >= 15 is 0 Å². The first-order valence-electron chi connectivity index (χ1n) is 15.2. The molecule has 4 aromatic rings. The van der Waals surface area contributed by atoms with Crippen molar-refractivity contribution in [3.8, 4) is 22.4 Å². The van der Waals surface area contributed by atoms with Crippen LogP contribution in [0.25, 0.3) is 33.2 Å². The molecule has 0 N–H and O–H groups in total. The van der Waals surface area contributed by atoms with E-state index in [1.54, 1.807) is 5.56 Å². The molecule has 2 aliphatic rings. The average molecular weight is 594 g/mol. The van der Waals surface area contributed by atoms with Gasteiger partial charge in [0.05, 0.1) is 38.0 Å². The summed E-state index contributed by atoms with van der Waals surface area (Å²) in [5.74, 6) is 0. The molecule has 6 rings (SSSR count). The number of benzene rings is 3. The van der Waals surface area contributed by atoms with Crippen LogP contribution >= 0.6 is 0 Å². The Morgan fingerprint density at radius 1 is 0.625 bits per heavy atom. The minimum atomic E-state index is -1.56. The lowest BCUT2D eigenvalue weighted by atomic mass is 9.82. The summed E-state index contributed by atoms with van der Waals surface area (Å²) in [6.07, 6.45) is 2.10. The van der Waals surface area contributed by atoms with Crippen LogP contribution in [0.15, 0.2) is 60.8 Å². The molecule has 40 heavy (non-hydrogen) atoms. The molecule has 0 atom stereocenters. The third kappa shape index (κ3) is 4.31. The van der Waals surface area contributed by atoms with Crippen LogP contribution < -0.4 is 20.7 Å². The van der Waals surface area contributed by atoms with Crippen LogP contribution in [0, 0.1) is 0 Å². The first kappa shape index (κ1) is 28.1. The number of aromatic nitrogens is 1. The van der Waals surface area contributed by atoms with Gasteiger partial charge in [0.15, 0.2) is 0 Å². The van der Waals surface area contributed by atoms with Gasteiger partial charge in [-0.05, 0) is 57.1 Å². The summed E-state index contributed by atoms with van der Waals surface area (Å²) in [5, 5.41) is 9.92. The molecule has 0 bridgehead atoms. The second-order valence-electron chi connectivity index (χ2n) is 16.4. The monoisotopic (exact) mass is 593 g/mol. The van der Waals surface area contributed by atoms with Gasteiger partial charge in [0.1, 0.15) is 0 Å². The summed E-state index contributed by atoms with van der Waals surface area (Å²) < 4.78 is 0. The Labute approximate surface area is 246 Å². The normalized spacial score (nSPS) is 20.0. The summed E-state index contributed by atoms with van der Waals surface area (Å²) in [4.78, 5) is 5.02. The zero-order valence-corrected chi connectivity index (χ0v) is 30.6. The average Bonchev–Trinajstić information content (AvgIpc) is 3.16. The van der Waals surface area contributed by atoms with E-state index < -0.39 is 32.3 Å². The van der Waals surface area contributed by atoms with Gasteiger partial charge in [-0.2, -0.15) is 0 Å². The third-order valence-corrected chi connectivity index (χ3v) is 32.0. The summed E-state index contributed by atoms with van der Waals surface area (Å²) in [5.41, 5.74) is 9.89. The Morgan fingerprint density at radius 2 is 1.20 bits per heavy atom. The molecular formula is C35H47NSi4. The quantitative estimate of drug-likeness (QED) is 0.218. The van der Waals surface area contributed by atoms with Crippen molar-refractivity contribution in [2.75, 3.05) is 0 Å². The molecule has 1 nitrogen and oxygen atoms in total. The Balaban J connectivity index is 1.66. The van der Waals surface area contributed by atoms with Crippen molar-refractivity contribution in [3.63, 3.8) is 0 Å². The van der Waals surface area contributed by atoms with Gasteiger partial charge < -0.3 is 0 Å². The van der Waals surface area contributed by atoms with Gasteiger partial charge in [0.25, 0.3) is 0 Å². The van der Waals surface area contributed by atoms with E-state index in [1.165, 1.54) is 38.8 Å². The molecule has 0 fully saturated rings. The second-order valence-corrected chi connectivity index (χ2v) is 36.4. The molecule has 0 radical (unpaired) electrons. The Hall–Kier alpha value is -2.06. The molecule has 3 heterocycles. The minimum Gasteiger partial charge on any atom is -0.256 e. The lowest BCUT2D eigenvalue weighted by molar-refractivity contribution is 0.596. The molecule has 0 unspecified atom stereocenters. The maximum atomic E-state index is 5.02. The van der Waals surface area contributed by atoms with Crippen molar-refractivity contribution < 1.29 is 0 Å². The molecule has 2 aliphatic heterocycles. The predicted molar refractivity (Wildman–Crippen MR) is 189 cm³/mol. The van der Waals surface area contributed by atoms with Crippen molar-refractivity contribution >= 4 is 63.8 Å². The largest absolute Gasteiger partial charge is 0.256 e. The fourth-order valence-corrected chi connectivity index (χ4v) is 40.0. The molecule has 208 valence electrons. The Bertz CT molecular complexity index is 1640. The van der Waals surface area contributed by atoms with Crippen LogP contribution in [0.2, 0.25) is 63.7 Å². The van der Waals surface area contributed by atoms with Gasteiger partial charge in [-0.3, -0.25) is 4.98 Å². The van der Waals surface area contributed by atoms with Crippen LogP contribution in [0.1, 0.15) is 26.3 Å². The van der Waals surface area contributed by atoms with Crippen LogP contribution in [0.5, 0.6) is 0 Å². The fourth-order valence-electron chi connectivity index (χ4n) is 8.84. The van der Waals surface area contributed by atoms with Crippen molar-refractivity contribution in [1.82, 2.24) is 4.98 Å². The Morgan fingerprint density at radius 3 is 1.77 bits per heavy atom. The third-order valence-electron chi connectivity index (χ3n) is 9.92. The lowest BCUT2D eigenvalue weighted by Crippen LogP contribution is -2.56. The second kappa shape index (κ2) is 8.73. The van der Waals surface area contributed by atoms with E-state index in [9.17, 15) is 0 Å². The SMILES string of the molecule is CC(C)(C)c1cc(-c2cc(-c3c4c(cc5c3[Si](C)(C)C[Si]5(C)C)[Si](C)(C)C[Si]4(C)C)ccn2)cc2ccccc12. The first-order valence-corrected chi connectivity index (χ1v) is 28.0. The molecule has 0 saturated heterocycles. The molecule has 0 saturated carbocycles. The highest BCUT2D eigenvalue weighted by Crippen LogP contribution is 2.38. The van der Waals surface area contributed by atoms with E-state index in [2.05, 4.69) is 134 Å². The number of hydrogen-bond acceptors (Lipinski definition) is 1. The summed E-state index contributed by atoms with van der Waals surface area (Å²) in [6.45, 7) is 28.2. The van der Waals surface area contributed by atoms with Gasteiger partial charge in [0, 0.05) is 11.8 Å². The molecular weight excluding hydrogens is 547 g/mol. The van der Waals surface area contributed by atoms with E-state index in [-0.39, 0.29) is 5.41 Å². The van der Waals surface area contributed by atoms with Crippen LogP contribution in [-0.2, 0) is 5.41 Å². The smallest absolute Gasteiger partial charge is 0.0790 e. The highest BCUT2D eigenvalue weighted by Gasteiger charge is 2.52. The number of nitrogens with zero attached hydrogens (tertiary/aromatic N) is 1. The van der Waals surface area contributed by atoms with Gasteiger partial charge >= 0.3 is 0 Å². The summed E-state index contributed by atoms with van der Waals surface area (Å²) in [6, 6.07) is 21.2. The first-order chi connectivity index (χ1) is 18.4. The minimum absolute atomic E-state index is 0.0615. The molecule has 0 amide bonds. The number of pyridine rings is 1. The van der Waals surface area contributed by atoms with E-state index in [4.69, 9.17) is 4.98 Å². The molecule has 0 spiro atoms. The maximum Gasteiger partial charge on any atom is 0.0790 e. The zero-order chi connectivity index (χ0) is 29.0. The molecule has 5 heteroatoms. The van der Waals surface area contributed by atoms with Gasteiger partial charge in [-0.15, -0.1) is 0 Å². The zero-order valence-electron chi connectivity index (χ0n) is 26.6. The van der Waals surface area contributed by atoms with E-state index in [0.29, 0.717) is 0 Å². The molecule has 0 aliphatic carbocycles. The number of hydrogen-bond donors (Lipinski definition) is 0. The number of fused-ring (bicyclic) bond motifs is 3. The van der Waals surface area contributed by atoms with Crippen molar-refractivity contribution in [2.45, 2.75) is 89.9 Å². The number of rotatable bonds is 2. The van der Waals surface area contributed by atoms with Crippen molar-refractivity contribution in [1.29, 1.82) is 0 Å². The topological polar surface area (TPSA) is 12.9 Å².